The molecule has 1 aromatic carbocycles. The molecular formula is C16H19N3O2. The Morgan fingerprint density at radius 3 is 2.76 bits per heavy atom. The number of rotatable bonds is 2. The fraction of sp³-hybridized carbons (Fsp3) is 0.375. The van der Waals surface area contributed by atoms with E-state index < -0.39 is 6.10 Å². The summed E-state index contributed by atoms with van der Waals surface area (Å²) in [5, 5.41) is 13.9. The fourth-order valence-corrected chi connectivity index (χ4v) is 2.76. The van der Waals surface area contributed by atoms with E-state index in [-0.39, 0.29) is 5.91 Å². The summed E-state index contributed by atoms with van der Waals surface area (Å²) < 4.78 is 1.80. The second-order valence-electron chi connectivity index (χ2n) is 5.54. The number of amides is 1. The van der Waals surface area contributed by atoms with Crippen molar-refractivity contribution in [1.82, 2.24) is 14.7 Å². The molecule has 1 amide bonds. The monoisotopic (exact) mass is 285 g/mol. The minimum atomic E-state index is -0.402. The van der Waals surface area contributed by atoms with Crippen molar-refractivity contribution < 1.29 is 9.90 Å². The summed E-state index contributed by atoms with van der Waals surface area (Å²) in [4.78, 5) is 14.2. The maximum atomic E-state index is 12.5. The summed E-state index contributed by atoms with van der Waals surface area (Å²) in [6, 6.07) is 7.95. The number of nitrogens with zero attached hydrogens (tertiary/aromatic N) is 3. The number of para-hydroxylation sites is 1. The lowest BCUT2D eigenvalue weighted by Gasteiger charge is -2.15. The number of likely N-dealkylation sites (tertiary alicyclic amines) is 1. The van der Waals surface area contributed by atoms with E-state index in [1.54, 1.807) is 15.8 Å². The largest absolute Gasteiger partial charge is 0.391 e. The van der Waals surface area contributed by atoms with E-state index in [9.17, 15) is 9.90 Å². The van der Waals surface area contributed by atoms with Crippen LogP contribution in [0.5, 0.6) is 0 Å². The molecule has 1 fully saturated rings. The van der Waals surface area contributed by atoms with Gasteiger partial charge in [0.25, 0.3) is 5.91 Å². The Labute approximate surface area is 123 Å². The van der Waals surface area contributed by atoms with Crippen LogP contribution in [0.1, 0.15) is 28.0 Å². The first kappa shape index (κ1) is 13.8. The number of hydrogen-bond acceptors (Lipinski definition) is 3. The van der Waals surface area contributed by atoms with Gasteiger partial charge in [0.2, 0.25) is 0 Å². The zero-order valence-electron chi connectivity index (χ0n) is 12.3. The molecule has 0 spiro atoms. The van der Waals surface area contributed by atoms with Crippen molar-refractivity contribution in [2.75, 3.05) is 13.1 Å². The second kappa shape index (κ2) is 5.33. The van der Waals surface area contributed by atoms with Crippen LogP contribution in [-0.2, 0) is 0 Å². The molecule has 5 nitrogen and oxygen atoms in total. The second-order valence-corrected chi connectivity index (χ2v) is 5.54. The van der Waals surface area contributed by atoms with Crippen LogP contribution >= 0.6 is 0 Å². The van der Waals surface area contributed by atoms with Gasteiger partial charge in [-0.1, -0.05) is 18.2 Å². The maximum absolute atomic E-state index is 12.5. The maximum Gasteiger partial charge on any atom is 0.257 e. The van der Waals surface area contributed by atoms with Crippen LogP contribution < -0.4 is 0 Å². The Hall–Kier alpha value is -2.14. The van der Waals surface area contributed by atoms with Gasteiger partial charge < -0.3 is 10.0 Å². The molecule has 0 aliphatic carbocycles. The molecule has 0 saturated carbocycles. The van der Waals surface area contributed by atoms with Gasteiger partial charge in [-0.05, 0) is 31.9 Å². The number of aryl methyl sites for hydroxylation is 1. The molecule has 2 heterocycles. The van der Waals surface area contributed by atoms with Crippen LogP contribution in [0, 0.1) is 13.8 Å². The van der Waals surface area contributed by atoms with Crippen LogP contribution in [-0.4, -0.2) is 44.9 Å². The van der Waals surface area contributed by atoms with Crippen LogP contribution in [0.15, 0.2) is 30.5 Å². The highest BCUT2D eigenvalue weighted by molar-refractivity contribution is 5.95. The van der Waals surface area contributed by atoms with Gasteiger partial charge in [0.15, 0.2) is 0 Å². The van der Waals surface area contributed by atoms with E-state index in [2.05, 4.69) is 5.10 Å². The average molecular weight is 285 g/mol. The van der Waals surface area contributed by atoms with Gasteiger partial charge in [-0.15, -0.1) is 0 Å². The zero-order chi connectivity index (χ0) is 15.0. The molecule has 5 heteroatoms. The Morgan fingerprint density at radius 1 is 1.33 bits per heavy atom. The summed E-state index contributed by atoms with van der Waals surface area (Å²) in [6.45, 7) is 4.94. The zero-order valence-corrected chi connectivity index (χ0v) is 12.3. The number of carbonyl (C=O) groups excluding carboxylic acids is 1. The van der Waals surface area contributed by atoms with Gasteiger partial charge in [0.05, 0.1) is 29.2 Å². The van der Waals surface area contributed by atoms with Crippen molar-refractivity contribution in [2.24, 2.45) is 0 Å². The number of carbonyl (C=O) groups is 1. The third kappa shape index (κ3) is 2.45. The average Bonchev–Trinajstić information content (AvgIpc) is 3.05. The minimum Gasteiger partial charge on any atom is -0.391 e. The van der Waals surface area contributed by atoms with E-state index in [4.69, 9.17) is 0 Å². The number of benzene rings is 1. The molecule has 1 aromatic heterocycles. The van der Waals surface area contributed by atoms with Gasteiger partial charge >= 0.3 is 0 Å². The Kier molecular flexibility index (Phi) is 3.51. The molecule has 0 unspecified atom stereocenters. The van der Waals surface area contributed by atoms with E-state index in [1.807, 2.05) is 38.1 Å². The van der Waals surface area contributed by atoms with Gasteiger partial charge in [0.1, 0.15) is 0 Å². The normalized spacial score (nSPS) is 18.2. The SMILES string of the molecule is Cc1ccccc1-n1ncc(C(=O)N2CC[C@H](O)C2)c1C. The standard InChI is InChI=1S/C16H19N3O2/c1-11-5-3-4-6-15(11)19-12(2)14(9-17-19)16(21)18-8-7-13(20)10-18/h3-6,9,13,20H,7-8,10H2,1-2H3/t13-/m0/s1. The van der Waals surface area contributed by atoms with E-state index in [1.165, 1.54) is 0 Å². The highest BCUT2D eigenvalue weighted by Gasteiger charge is 2.27. The third-order valence-corrected chi connectivity index (χ3v) is 4.03. The van der Waals surface area contributed by atoms with Crippen LogP contribution in [0.3, 0.4) is 0 Å². The topological polar surface area (TPSA) is 58.4 Å². The fourth-order valence-electron chi connectivity index (χ4n) is 2.76. The van der Waals surface area contributed by atoms with Crippen molar-refractivity contribution in [1.29, 1.82) is 0 Å². The molecular weight excluding hydrogens is 266 g/mol. The third-order valence-electron chi connectivity index (χ3n) is 4.03. The Bertz CT molecular complexity index is 678. The molecule has 0 bridgehead atoms. The molecule has 110 valence electrons. The highest BCUT2D eigenvalue weighted by Crippen LogP contribution is 2.20. The van der Waals surface area contributed by atoms with Crippen LogP contribution in [0.2, 0.25) is 0 Å². The van der Waals surface area contributed by atoms with Crippen molar-refractivity contribution in [2.45, 2.75) is 26.4 Å². The Balaban J connectivity index is 1.93. The Morgan fingerprint density at radius 2 is 2.10 bits per heavy atom. The summed E-state index contributed by atoms with van der Waals surface area (Å²) in [7, 11) is 0. The molecule has 1 saturated heterocycles. The predicted octanol–water partition coefficient (Wildman–Crippen LogP) is 1.70. The molecule has 0 radical (unpaired) electrons. The van der Waals surface area contributed by atoms with E-state index in [0.717, 1.165) is 16.9 Å². The molecule has 2 aromatic rings. The van der Waals surface area contributed by atoms with E-state index in [0.29, 0.717) is 25.1 Å². The van der Waals surface area contributed by atoms with Gasteiger partial charge in [-0.25, -0.2) is 4.68 Å². The molecule has 3 rings (SSSR count). The predicted molar refractivity (Wildman–Crippen MR) is 79.6 cm³/mol. The van der Waals surface area contributed by atoms with Crippen LogP contribution in [0.4, 0.5) is 0 Å². The van der Waals surface area contributed by atoms with Gasteiger partial charge in [-0.2, -0.15) is 5.10 Å². The van der Waals surface area contributed by atoms with Gasteiger partial charge in [0, 0.05) is 13.1 Å². The quantitative estimate of drug-likeness (QED) is 0.913. The smallest absolute Gasteiger partial charge is 0.257 e. The number of aliphatic hydroxyl groups is 1. The van der Waals surface area contributed by atoms with Crippen LogP contribution in [0.25, 0.3) is 5.69 Å². The lowest BCUT2D eigenvalue weighted by Crippen LogP contribution is -2.29. The summed E-state index contributed by atoms with van der Waals surface area (Å²) >= 11 is 0. The first-order valence-corrected chi connectivity index (χ1v) is 7.16. The lowest BCUT2D eigenvalue weighted by molar-refractivity contribution is 0.0764. The van der Waals surface area contributed by atoms with Crippen molar-refractivity contribution in [3.63, 3.8) is 0 Å². The number of aliphatic hydroxyl groups excluding tert-OH is 1. The summed E-state index contributed by atoms with van der Waals surface area (Å²) in [6.07, 6.45) is 1.87. The summed E-state index contributed by atoms with van der Waals surface area (Å²) in [5.74, 6) is -0.0520. The number of aromatic nitrogens is 2. The summed E-state index contributed by atoms with van der Waals surface area (Å²) in [5.41, 5.74) is 3.53. The molecule has 1 atom stereocenters. The first-order chi connectivity index (χ1) is 10.1. The minimum absolute atomic E-state index is 0.0520. The van der Waals surface area contributed by atoms with Crippen molar-refractivity contribution in [3.8, 4) is 5.69 Å². The molecule has 1 aliphatic heterocycles. The van der Waals surface area contributed by atoms with E-state index >= 15 is 0 Å². The van der Waals surface area contributed by atoms with Gasteiger partial charge in [-0.3, -0.25) is 4.79 Å². The number of hydrogen-bond donors (Lipinski definition) is 1. The highest BCUT2D eigenvalue weighted by atomic mass is 16.3. The lowest BCUT2D eigenvalue weighted by atomic mass is 10.2. The first-order valence-electron chi connectivity index (χ1n) is 7.16. The number of β-amino-alcohol motifs (C(OH)–C–C–N with tert-alkyl or cyclic N) is 1. The van der Waals surface area contributed by atoms with Crippen molar-refractivity contribution in [3.05, 3.63) is 47.3 Å². The van der Waals surface area contributed by atoms with Crippen molar-refractivity contribution >= 4 is 5.91 Å². The molecule has 1 N–H and O–H groups in total. The molecule has 1 aliphatic rings. The molecule has 21 heavy (non-hydrogen) atoms.